The molecule has 0 unspecified atom stereocenters. The van der Waals surface area contributed by atoms with Gasteiger partial charge in [0.15, 0.2) is 0 Å². The summed E-state index contributed by atoms with van der Waals surface area (Å²) in [6.07, 6.45) is 7.16. The fourth-order valence-electron chi connectivity index (χ4n) is 4.17. The molecular weight excluding hydrogens is 379 g/mol. The maximum Gasteiger partial charge on any atom is 0.129 e. The van der Waals surface area contributed by atoms with E-state index in [1.807, 2.05) is 12.1 Å². The summed E-state index contributed by atoms with van der Waals surface area (Å²) in [5.41, 5.74) is 3.26. The van der Waals surface area contributed by atoms with Gasteiger partial charge < -0.3 is 5.32 Å². The van der Waals surface area contributed by atoms with Gasteiger partial charge in [0, 0.05) is 21.1 Å². The molecule has 0 saturated heterocycles. The molecule has 0 amide bonds. The first-order valence-corrected chi connectivity index (χ1v) is 9.79. The van der Waals surface area contributed by atoms with Crippen molar-refractivity contribution in [3.8, 4) is 0 Å². The quantitative estimate of drug-likeness (QED) is 0.646. The van der Waals surface area contributed by atoms with Crippen LogP contribution in [0.4, 0.5) is 10.1 Å². The van der Waals surface area contributed by atoms with Crippen molar-refractivity contribution in [2.75, 3.05) is 5.32 Å². The second kappa shape index (κ2) is 6.91. The lowest BCUT2D eigenvalue weighted by Gasteiger charge is -2.42. The van der Waals surface area contributed by atoms with Gasteiger partial charge in [0.2, 0.25) is 0 Å². The first-order valence-electron chi connectivity index (χ1n) is 9.00. The van der Waals surface area contributed by atoms with Gasteiger partial charge in [-0.05, 0) is 43.0 Å². The van der Waals surface area contributed by atoms with E-state index in [0.29, 0.717) is 12.1 Å². The highest BCUT2D eigenvalue weighted by molar-refractivity contribution is 9.10. The zero-order valence-corrected chi connectivity index (χ0v) is 15.8. The molecule has 130 valence electrons. The van der Waals surface area contributed by atoms with Crippen molar-refractivity contribution < 1.29 is 4.39 Å². The minimum atomic E-state index is -0.201. The Morgan fingerprint density at radius 3 is 2.68 bits per heavy atom. The molecule has 0 atom stereocenters. The average Bonchev–Trinajstić information content (AvgIpc) is 2.62. The van der Waals surface area contributed by atoms with Gasteiger partial charge in [-0.25, -0.2) is 4.39 Å². The average molecular weight is 401 g/mol. The van der Waals surface area contributed by atoms with Crippen LogP contribution in [-0.4, -0.2) is 5.84 Å². The van der Waals surface area contributed by atoms with Crippen LogP contribution < -0.4 is 5.32 Å². The molecule has 1 saturated carbocycles. The Balaban J connectivity index is 1.67. The first-order chi connectivity index (χ1) is 12.2. The van der Waals surface area contributed by atoms with Crippen molar-refractivity contribution in [3.63, 3.8) is 0 Å². The van der Waals surface area contributed by atoms with Gasteiger partial charge >= 0.3 is 0 Å². The van der Waals surface area contributed by atoms with E-state index in [0.717, 1.165) is 35.3 Å². The predicted molar refractivity (Wildman–Crippen MR) is 105 cm³/mol. The number of fused-ring (bicyclic) bond motifs is 1. The van der Waals surface area contributed by atoms with E-state index in [2.05, 4.69) is 45.5 Å². The molecular formula is C21H22BrFN2. The summed E-state index contributed by atoms with van der Waals surface area (Å²) in [6, 6.07) is 13.7. The van der Waals surface area contributed by atoms with Gasteiger partial charge in [-0.2, -0.15) is 0 Å². The molecule has 2 aromatic carbocycles. The Morgan fingerprint density at radius 2 is 1.88 bits per heavy atom. The van der Waals surface area contributed by atoms with E-state index >= 15 is 0 Å². The molecule has 4 rings (SSSR count). The standard InChI is InChI=1S/C21H22BrFN2/c22-17-9-8-16(18(23)12-17)14-24-20-21(10-4-1-5-11-21)13-15-6-2-3-7-19(15)25-20/h2-3,6-9,12H,1,4-5,10-11,13-14H2,(H,24,25). The number of anilines is 1. The number of hydrogen-bond acceptors (Lipinski definition) is 1. The molecule has 2 nitrogen and oxygen atoms in total. The number of aliphatic imine (C=N–C) groups is 1. The Morgan fingerprint density at radius 1 is 1.08 bits per heavy atom. The molecule has 2 aromatic rings. The van der Waals surface area contributed by atoms with Crippen LogP contribution in [0.15, 0.2) is 51.9 Å². The van der Waals surface area contributed by atoms with Crippen LogP contribution in [0.2, 0.25) is 0 Å². The summed E-state index contributed by atoms with van der Waals surface area (Å²) < 4.78 is 14.9. The van der Waals surface area contributed by atoms with E-state index < -0.39 is 0 Å². The summed E-state index contributed by atoms with van der Waals surface area (Å²) >= 11 is 3.31. The van der Waals surface area contributed by atoms with Gasteiger partial charge in [0.05, 0.1) is 6.54 Å². The first kappa shape index (κ1) is 16.8. The number of nitrogens with zero attached hydrogens (tertiary/aromatic N) is 1. The van der Waals surface area contributed by atoms with E-state index in [1.165, 1.54) is 30.9 Å². The van der Waals surface area contributed by atoms with Gasteiger partial charge in [0.1, 0.15) is 11.7 Å². The molecule has 1 fully saturated rings. The van der Waals surface area contributed by atoms with Crippen LogP contribution in [0.25, 0.3) is 0 Å². The Kier molecular flexibility index (Phi) is 4.63. The molecule has 1 spiro atoms. The van der Waals surface area contributed by atoms with Crippen molar-refractivity contribution in [1.29, 1.82) is 0 Å². The minimum Gasteiger partial charge on any atom is -0.343 e. The van der Waals surface area contributed by atoms with Crippen molar-refractivity contribution in [2.45, 2.75) is 45.1 Å². The van der Waals surface area contributed by atoms with Crippen molar-refractivity contribution in [3.05, 3.63) is 63.9 Å². The summed E-state index contributed by atoms with van der Waals surface area (Å²) in [5, 5.41) is 3.58. The fourth-order valence-corrected chi connectivity index (χ4v) is 4.50. The Hall–Kier alpha value is -1.68. The van der Waals surface area contributed by atoms with Crippen molar-refractivity contribution in [2.24, 2.45) is 10.4 Å². The molecule has 2 aliphatic rings. The second-order valence-corrected chi connectivity index (χ2v) is 8.12. The minimum absolute atomic E-state index is 0.0957. The zero-order chi connectivity index (χ0) is 17.3. The fraction of sp³-hybridized carbons (Fsp3) is 0.381. The van der Waals surface area contributed by atoms with Crippen molar-refractivity contribution >= 4 is 27.5 Å². The largest absolute Gasteiger partial charge is 0.343 e. The van der Waals surface area contributed by atoms with Crippen LogP contribution in [-0.2, 0) is 13.0 Å². The third-order valence-electron chi connectivity index (χ3n) is 5.53. The summed E-state index contributed by atoms with van der Waals surface area (Å²) in [4.78, 5) is 4.87. The van der Waals surface area contributed by atoms with Crippen LogP contribution in [0.5, 0.6) is 0 Å². The van der Waals surface area contributed by atoms with E-state index in [4.69, 9.17) is 4.99 Å². The third-order valence-corrected chi connectivity index (χ3v) is 6.03. The smallest absolute Gasteiger partial charge is 0.129 e. The number of para-hydroxylation sites is 1. The number of benzene rings is 2. The molecule has 4 heteroatoms. The van der Waals surface area contributed by atoms with E-state index in [1.54, 1.807) is 0 Å². The monoisotopic (exact) mass is 400 g/mol. The number of nitrogens with one attached hydrogen (secondary N) is 1. The molecule has 25 heavy (non-hydrogen) atoms. The normalized spacial score (nSPS) is 20.3. The number of rotatable bonds is 2. The summed E-state index contributed by atoms with van der Waals surface area (Å²) in [5.74, 6) is 0.848. The molecule has 1 aliphatic carbocycles. The van der Waals surface area contributed by atoms with Gasteiger partial charge in [-0.15, -0.1) is 0 Å². The van der Waals surface area contributed by atoms with Gasteiger partial charge in [0.25, 0.3) is 0 Å². The number of hydrogen-bond donors (Lipinski definition) is 1. The zero-order valence-electron chi connectivity index (χ0n) is 14.2. The predicted octanol–water partition coefficient (Wildman–Crippen LogP) is 6.11. The lowest BCUT2D eigenvalue weighted by molar-refractivity contribution is 0.278. The van der Waals surface area contributed by atoms with Gasteiger partial charge in [-0.3, -0.25) is 4.99 Å². The molecule has 1 N–H and O–H groups in total. The lowest BCUT2D eigenvalue weighted by atomic mass is 9.67. The van der Waals surface area contributed by atoms with Crippen LogP contribution in [0, 0.1) is 11.2 Å². The highest BCUT2D eigenvalue weighted by atomic mass is 79.9. The lowest BCUT2D eigenvalue weighted by Crippen LogP contribution is -2.43. The SMILES string of the molecule is Fc1cc(Br)ccc1CN=C1Nc2ccccc2CC12CCCCC2. The van der Waals surface area contributed by atoms with E-state index in [9.17, 15) is 4.39 Å². The number of halogens is 2. The topological polar surface area (TPSA) is 24.4 Å². The molecule has 0 bridgehead atoms. The molecule has 1 heterocycles. The maximum absolute atomic E-state index is 14.2. The van der Waals surface area contributed by atoms with Crippen LogP contribution in [0.1, 0.15) is 43.2 Å². The second-order valence-electron chi connectivity index (χ2n) is 7.20. The van der Waals surface area contributed by atoms with Gasteiger partial charge in [-0.1, -0.05) is 59.5 Å². The molecule has 1 aliphatic heterocycles. The molecule has 0 radical (unpaired) electrons. The highest BCUT2D eigenvalue weighted by Gasteiger charge is 2.40. The highest BCUT2D eigenvalue weighted by Crippen LogP contribution is 2.45. The van der Waals surface area contributed by atoms with Crippen molar-refractivity contribution in [1.82, 2.24) is 0 Å². The Labute approximate surface area is 156 Å². The maximum atomic E-state index is 14.2. The van der Waals surface area contributed by atoms with Crippen LogP contribution >= 0.6 is 15.9 Å². The van der Waals surface area contributed by atoms with Crippen LogP contribution in [0.3, 0.4) is 0 Å². The third kappa shape index (κ3) is 3.37. The summed E-state index contributed by atoms with van der Waals surface area (Å²) in [6.45, 7) is 0.380. The number of amidine groups is 1. The Bertz CT molecular complexity index is 809. The summed E-state index contributed by atoms with van der Waals surface area (Å²) in [7, 11) is 0. The molecule has 0 aromatic heterocycles. The van der Waals surface area contributed by atoms with E-state index in [-0.39, 0.29) is 11.2 Å².